The van der Waals surface area contributed by atoms with Crippen LogP contribution < -0.4 is 4.90 Å². The molecule has 0 aliphatic rings. The highest BCUT2D eigenvalue weighted by Gasteiger charge is 2.38. The molecule has 0 saturated heterocycles. The topological polar surface area (TPSA) is 3.24 Å². The van der Waals surface area contributed by atoms with Gasteiger partial charge in [-0.15, -0.1) is 0 Å². The van der Waals surface area contributed by atoms with Crippen LogP contribution in [0.2, 0.25) is 0 Å². The van der Waals surface area contributed by atoms with Gasteiger partial charge >= 0.3 is 6.30 Å². The number of alkyl halides is 3. The summed E-state index contributed by atoms with van der Waals surface area (Å²) >= 11 is 3.03. The van der Waals surface area contributed by atoms with Crippen molar-refractivity contribution < 1.29 is 17.6 Å². The lowest BCUT2D eigenvalue weighted by molar-refractivity contribution is -0.129. The molecule has 0 radical (unpaired) electrons. The smallest absolute Gasteiger partial charge is 0.281 e. The molecule has 1 aromatic carbocycles. The minimum atomic E-state index is -4.57. The van der Waals surface area contributed by atoms with E-state index in [4.69, 9.17) is 0 Å². The Labute approximate surface area is 118 Å². The van der Waals surface area contributed by atoms with E-state index in [-0.39, 0.29) is 11.4 Å². The number of halogens is 5. The fraction of sp³-hybridized carbons (Fsp3) is 0.538. The molecule has 0 saturated carbocycles. The maximum atomic E-state index is 13.6. The van der Waals surface area contributed by atoms with Gasteiger partial charge in [0.2, 0.25) is 0 Å². The first-order chi connectivity index (χ1) is 8.86. The molecule has 0 spiro atoms. The van der Waals surface area contributed by atoms with Gasteiger partial charge in [0.05, 0.1) is 5.69 Å². The van der Waals surface area contributed by atoms with Gasteiger partial charge in [-0.3, -0.25) is 4.90 Å². The summed E-state index contributed by atoms with van der Waals surface area (Å²) in [6.45, 7) is 1.76. The van der Waals surface area contributed by atoms with Crippen LogP contribution in [-0.2, 0) is 0 Å². The molecule has 6 heteroatoms. The van der Waals surface area contributed by atoms with Crippen LogP contribution in [0.5, 0.6) is 0 Å². The van der Waals surface area contributed by atoms with E-state index in [1.165, 1.54) is 6.07 Å². The van der Waals surface area contributed by atoms with Gasteiger partial charge in [0, 0.05) is 11.0 Å². The van der Waals surface area contributed by atoms with E-state index >= 15 is 0 Å². The number of nitrogens with zero attached hydrogens (tertiary/aromatic N) is 1. The molecule has 1 rings (SSSR count). The van der Waals surface area contributed by atoms with Crippen LogP contribution in [0.15, 0.2) is 22.7 Å². The molecule has 0 aromatic heterocycles. The fourth-order valence-electron chi connectivity index (χ4n) is 1.78. The summed E-state index contributed by atoms with van der Waals surface area (Å²) in [5.74, 6) is -0.873. The Balaban J connectivity index is 2.85. The highest BCUT2D eigenvalue weighted by atomic mass is 79.9. The average Bonchev–Trinajstić information content (AvgIpc) is 2.29. The van der Waals surface area contributed by atoms with E-state index in [0.29, 0.717) is 17.3 Å². The van der Waals surface area contributed by atoms with E-state index in [1.807, 2.05) is 6.92 Å². The second kappa shape index (κ2) is 7.12. The van der Waals surface area contributed by atoms with Gasteiger partial charge in [-0.1, -0.05) is 42.1 Å². The third-order valence-corrected chi connectivity index (χ3v) is 3.24. The van der Waals surface area contributed by atoms with Crippen LogP contribution in [0, 0.1) is 5.82 Å². The largest absolute Gasteiger partial charge is 0.485 e. The lowest BCUT2D eigenvalue weighted by Gasteiger charge is -2.27. The zero-order valence-electron chi connectivity index (χ0n) is 10.6. The molecular formula is C13H16BrF4N. The minimum Gasteiger partial charge on any atom is -0.281 e. The van der Waals surface area contributed by atoms with E-state index < -0.39 is 17.8 Å². The molecule has 0 atom stereocenters. The summed E-state index contributed by atoms with van der Waals surface area (Å²) in [7, 11) is 0. The first-order valence-electron chi connectivity index (χ1n) is 6.15. The van der Waals surface area contributed by atoms with Crippen molar-refractivity contribution in [2.24, 2.45) is 0 Å². The molecule has 0 aliphatic carbocycles. The molecule has 0 amide bonds. The molecule has 0 aliphatic heterocycles. The molecule has 1 nitrogen and oxygen atoms in total. The molecule has 1 aromatic rings. The van der Waals surface area contributed by atoms with Gasteiger partial charge in [0.25, 0.3) is 0 Å². The highest BCUT2D eigenvalue weighted by Crippen LogP contribution is 2.32. The molecule has 0 N–H and O–H groups in total. The predicted molar refractivity (Wildman–Crippen MR) is 71.6 cm³/mol. The average molecular weight is 342 g/mol. The Kier molecular flexibility index (Phi) is 6.10. The standard InChI is InChI=1S/C13H16BrF4N/c1-2-3-4-5-8-19(13(16,17)18)12-7-6-10(14)9-11(12)15/h6-7,9H,2-5,8H2,1H3. The Bertz CT molecular complexity index is 406. The molecule has 0 unspecified atom stereocenters. The number of hydrogen-bond acceptors (Lipinski definition) is 1. The van der Waals surface area contributed by atoms with Crippen molar-refractivity contribution in [2.75, 3.05) is 11.4 Å². The van der Waals surface area contributed by atoms with Crippen LogP contribution in [-0.4, -0.2) is 12.8 Å². The lowest BCUT2D eigenvalue weighted by Crippen LogP contribution is -2.39. The summed E-state index contributed by atoms with van der Waals surface area (Å²) in [6.07, 6.45) is -1.64. The number of hydrogen-bond donors (Lipinski definition) is 0. The van der Waals surface area contributed by atoms with Crippen molar-refractivity contribution in [3.05, 3.63) is 28.5 Å². The molecule has 108 valence electrons. The molecular weight excluding hydrogens is 326 g/mol. The summed E-state index contributed by atoms with van der Waals surface area (Å²) in [5, 5.41) is 0. The SMILES string of the molecule is CCCCCCN(c1ccc(Br)cc1F)C(F)(F)F. The first kappa shape index (κ1) is 16.3. The molecule has 0 bridgehead atoms. The van der Waals surface area contributed by atoms with Gasteiger partial charge in [0.1, 0.15) is 5.82 Å². The van der Waals surface area contributed by atoms with Crippen LogP contribution >= 0.6 is 15.9 Å². The zero-order chi connectivity index (χ0) is 14.5. The summed E-state index contributed by atoms with van der Waals surface area (Å²) in [5.41, 5.74) is -0.424. The normalized spacial score (nSPS) is 11.7. The van der Waals surface area contributed by atoms with E-state index in [1.54, 1.807) is 0 Å². The maximum Gasteiger partial charge on any atom is 0.485 e. The van der Waals surface area contributed by atoms with Crippen molar-refractivity contribution in [1.82, 2.24) is 0 Å². The van der Waals surface area contributed by atoms with Gasteiger partial charge < -0.3 is 0 Å². The second-order valence-corrected chi connectivity index (χ2v) is 5.19. The molecule has 0 fully saturated rings. The first-order valence-corrected chi connectivity index (χ1v) is 6.95. The predicted octanol–water partition coefficient (Wildman–Crippen LogP) is 5.49. The van der Waals surface area contributed by atoms with Gasteiger partial charge in [-0.05, 0) is 24.6 Å². The fourth-order valence-corrected chi connectivity index (χ4v) is 2.11. The van der Waals surface area contributed by atoms with E-state index in [0.717, 1.165) is 25.0 Å². The number of unbranched alkanes of at least 4 members (excludes halogenated alkanes) is 3. The van der Waals surface area contributed by atoms with E-state index in [9.17, 15) is 17.6 Å². The molecule has 0 heterocycles. The Hall–Kier alpha value is -0.780. The Morgan fingerprint density at radius 1 is 1.16 bits per heavy atom. The Morgan fingerprint density at radius 3 is 2.37 bits per heavy atom. The van der Waals surface area contributed by atoms with Gasteiger partial charge in [-0.25, -0.2) is 4.39 Å². The van der Waals surface area contributed by atoms with Crippen LogP contribution in [0.4, 0.5) is 23.2 Å². The number of anilines is 1. The molecule has 19 heavy (non-hydrogen) atoms. The van der Waals surface area contributed by atoms with Gasteiger partial charge in [0.15, 0.2) is 0 Å². The van der Waals surface area contributed by atoms with Crippen LogP contribution in [0.1, 0.15) is 32.6 Å². The zero-order valence-corrected chi connectivity index (χ0v) is 12.2. The lowest BCUT2D eigenvalue weighted by atomic mass is 10.2. The van der Waals surface area contributed by atoms with Crippen molar-refractivity contribution in [2.45, 2.75) is 38.9 Å². The number of benzene rings is 1. The van der Waals surface area contributed by atoms with Gasteiger partial charge in [-0.2, -0.15) is 13.2 Å². The summed E-state index contributed by atoms with van der Waals surface area (Å²) in [4.78, 5) is 0.171. The minimum absolute atomic E-state index is 0.171. The highest BCUT2D eigenvalue weighted by molar-refractivity contribution is 9.10. The van der Waals surface area contributed by atoms with Crippen molar-refractivity contribution in [1.29, 1.82) is 0 Å². The third kappa shape index (κ3) is 5.01. The van der Waals surface area contributed by atoms with Crippen LogP contribution in [0.25, 0.3) is 0 Å². The maximum absolute atomic E-state index is 13.6. The Morgan fingerprint density at radius 2 is 1.84 bits per heavy atom. The number of rotatable bonds is 6. The van der Waals surface area contributed by atoms with E-state index in [2.05, 4.69) is 15.9 Å². The monoisotopic (exact) mass is 341 g/mol. The second-order valence-electron chi connectivity index (χ2n) is 4.28. The summed E-state index contributed by atoms with van der Waals surface area (Å²) in [6, 6.07) is 3.59. The third-order valence-electron chi connectivity index (χ3n) is 2.74. The summed E-state index contributed by atoms with van der Waals surface area (Å²) < 4.78 is 52.9. The quantitative estimate of drug-likeness (QED) is 0.375. The van der Waals surface area contributed by atoms with Crippen LogP contribution in [0.3, 0.4) is 0 Å². The van der Waals surface area contributed by atoms with Crippen molar-refractivity contribution in [3.8, 4) is 0 Å². The van der Waals surface area contributed by atoms with Crippen molar-refractivity contribution in [3.63, 3.8) is 0 Å². The van der Waals surface area contributed by atoms with Crippen molar-refractivity contribution >= 4 is 21.6 Å².